The number of esters is 1. The maximum Gasteiger partial charge on any atom is 0.365 e. The maximum atomic E-state index is 13.1. The van der Waals surface area contributed by atoms with Crippen molar-refractivity contribution in [3.05, 3.63) is 64.7 Å². The fourth-order valence-corrected chi connectivity index (χ4v) is 5.07. The Morgan fingerprint density at radius 2 is 1.90 bits per heavy atom. The van der Waals surface area contributed by atoms with Crippen LogP contribution < -0.4 is 4.90 Å². The Labute approximate surface area is 180 Å². The summed E-state index contributed by atoms with van der Waals surface area (Å²) in [6.07, 6.45) is 0.586. The number of rotatable bonds is 5. The van der Waals surface area contributed by atoms with Gasteiger partial charge in [-0.15, -0.1) is 11.3 Å². The second kappa shape index (κ2) is 8.53. The number of ether oxygens (including phenoxy) is 1. The third-order valence-corrected chi connectivity index (χ3v) is 7.17. The zero-order valence-electron chi connectivity index (χ0n) is 17.4. The van der Waals surface area contributed by atoms with Crippen molar-refractivity contribution >= 4 is 33.4 Å². The van der Waals surface area contributed by atoms with Gasteiger partial charge in [0.05, 0.1) is 23.4 Å². The van der Waals surface area contributed by atoms with E-state index < -0.39 is 0 Å². The van der Waals surface area contributed by atoms with Crippen molar-refractivity contribution in [3.63, 3.8) is 0 Å². The van der Waals surface area contributed by atoms with Gasteiger partial charge in [-0.1, -0.05) is 36.4 Å². The summed E-state index contributed by atoms with van der Waals surface area (Å²) in [5.41, 5.74) is 3.29. The second-order valence-electron chi connectivity index (χ2n) is 7.76. The van der Waals surface area contributed by atoms with Crippen molar-refractivity contribution in [2.24, 2.45) is 0 Å². The highest BCUT2D eigenvalue weighted by Gasteiger charge is 2.38. The van der Waals surface area contributed by atoms with E-state index in [1.807, 2.05) is 56.4 Å². The predicted octanol–water partition coefficient (Wildman–Crippen LogP) is 2.00. The minimum absolute atomic E-state index is 0.00922. The van der Waals surface area contributed by atoms with Crippen LogP contribution in [-0.2, 0) is 27.3 Å². The molecule has 1 aliphatic rings. The van der Waals surface area contributed by atoms with E-state index in [-0.39, 0.29) is 30.5 Å². The summed E-state index contributed by atoms with van der Waals surface area (Å²) in [5, 5.41) is 0.913. The topological polar surface area (TPSA) is 63.9 Å². The van der Waals surface area contributed by atoms with Crippen LogP contribution in [0.5, 0.6) is 0 Å². The van der Waals surface area contributed by atoms with Gasteiger partial charge in [0, 0.05) is 19.0 Å². The molecule has 0 fully saturated rings. The molecule has 1 unspecified atom stereocenters. The number of aromatic nitrogens is 1. The summed E-state index contributed by atoms with van der Waals surface area (Å²) >= 11 is 1.61. The van der Waals surface area contributed by atoms with E-state index in [9.17, 15) is 9.59 Å². The largest absolute Gasteiger partial charge is 0.465 e. The maximum absolute atomic E-state index is 13.1. The fourth-order valence-electron chi connectivity index (χ4n) is 4.01. The van der Waals surface area contributed by atoms with E-state index in [1.165, 1.54) is 12.7 Å². The number of amides is 1. The average Bonchev–Trinajstić information content (AvgIpc) is 3.21. The zero-order valence-corrected chi connectivity index (χ0v) is 18.2. The molecule has 0 aliphatic carbocycles. The number of methoxy groups -OCH3 is 1. The van der Waals surface area contributed by atoms with Crippen LogP contribution in [0.15, 0.2) is 48.5 Å². The molecule has 7 heteroatoms. The minimum Gasteiger partial charge on any atom is -0.465 e. The third kappa shape index (κ3) is 3.95. The number of carbonyl (C=O) groups is 2. The van der Waals surface area contributed by atoms with Gasteiger partial charge in [0.2, 0.25) is 0 Å². The number of hydrogen-bond donors (Lipinski definition) is 1. The summed E-state index contributed by atoms with van der Waals surface area (Å²) in [6.45, 7) is 2.86. The lowest BCUT2D eigenvalue weighted by molar-refractivity contribution is -0.925. The van der Waals surface area contributed by atoms with Crippen molar-refractivity contribution in [3.8, 4) is 0 Å². The van der Waals surface area contributed by atoms with Gasteiger partial charge < -0.3 is 14.5 Å². The molecule has 2 aromatic carbocycles. The van der Waals surface area contributed by atoms with E-state index in [4.69, 9.17) is 9.72 Å². The molecule has 0 bridgehead atoms. The van der Waals surface area contributed by atoms with Crippen molar-refractivity contribution in [1.82, 2.24) is 9.88 Å². The molecule has 0 saturated carbocycles. The first-order chi connectivity index (χ1) is 14.5. The molecule has 0 spiro atoms. The molecule has 1 aliphatic heterocycles. The monoisotopic (exact) mass is 424 g/mol. The second-order valence-corrected chi connectivity index (χ2v) is 8.82. The number of thiazole rings is 1. The smallest absolute Gasteiger partial charge is 0.365 e. The highest BCUT2D eigenvalue weighted by Crippen LogP contribution is 2.28. The van der Waals surface area contributed by atoms with Crippen LogP contribution in [0.1, 0.15) is 29.1 Å². The van der Waals surface area contributed by atoms with Crippen molar-refractivity contribution < 1.29 is 19.2 Å². The SMILES string of the molecule is COC(=O)[C@H]1Cc2ccccc2C[NH+]1CC(=O)N(C)[C@@H](C)c1nc2ccccc2s1. The van der Waals surface area contributed by atoms with Gasteiger partial charge in [0.15, 0.2) is 12.6 Å². The molecule has 30 heavy (non-hydrogen) atoms. The number of para-hydroxylation sites is 1. The fraction of sp³-hybridized carbons (Fsp3) is 0.348. The summed E-state index contributed by atoms with van der Waals surface area (Å²) < 4.78 is 6.15. The Morgan fingerprint density at radius 1 is 1.20 bits per heavy atom. The van der Waals surface area contributed by atoms with Gasteiger partial charge in [-0.2, -0.15) is 0 Å². The number of benzene rings is 2. The molecule has 3 aromatic rings. The number of hydrogen-bond acceptors (Lipinski definition) is 5. The third-order valence-electron chi connectivity index (χ3n) is 5.96. The molecule has 4 rings (SSSR count). The zero-order chi connectivity index (χ0) is 21.3. The molecule has 0 saturated heterocycles. The molecule has 1 amide bonds. The molecule has 1 aromatic heterocycles. The Morgan fingerprint density at radius 3 is 2.63 bits per heavy atom. The number of nitrogens with zero attached hydrogens (tertiary/aromatic N) is 2. The first-order valence-corrected chi connectivity index (χ1v) is 10.9. The number of carbonyl (C=O) groups excluding carboxylic acids is 2. The molecule has 156 valence electrons. The summed E-state index contributed by atoms with van der Waals surface area (Å²) in [5.74, 6) is -0.279. The minimum atomic E-state index is -0.375. The van der Waals surface area contributed by atoms with Crippen LogP contribution in [0, 0.1) is 0 Å². The van der Waals surface area contributed by atoms with E-state index in [0.29, 0.717) is 13.0 Å². The highest BCUT2D eigenvalue weighted by atomic mass is 32.1. The summed E-state index contributed by atoms with van der Waals surface area (Å²) in [6, 6.07) is 15.6. The molecular weight excluding hydrogens is 398 g/mol. The molecule has 0 radical (unpaired) electrons. The lowest BCUT2D eigenvalue weighted by Gasteiger charge is -2.33. The molecular formula is C23H26N3O3S+. The summed E-state index contributed by atoms with van der Waals surface area (Å²) in [7, 11) is 3.22. The van der Waals surface area contributed by atoms with Gasteiger partial charge >= 0.3 is 5.97 Å². The summed E-state index contributed by atoms with van der Waals surface area (Å²) in [4.78, 5) is 32.9. The number of quaternary nitrogens is 1. The predicted molar refractivity (Wildman–Crippen MR) is 116 cm³/mol. The molecule has 2 heterocycles. The van der Waals surface area contributed by atoms with Crippen LogP contribution in [0.4, 0.5) is 0 Å². The van der Waals surface area contributed by atoms with Gasteiger partial charge in [0.25, 0.3) is 5.91 Å². The van der Waals surface area contributed by atoms with Crippen molar-refractivity contribution in [2.45, 2.75) is 32.0 Å². The number of nitrogens with one attached hydrogen (secondary N) is 1. The van der Waals surface area contributed by atoms with E-state index in [0.717, 1.165) is 25.7 Å². The van der Waals surface area contributed by atoms with Crippen LogP contribution >= 0.6 is 11.3 Å². The van der Waals surface area contributed by atoms with Crippen LogP contribution in [0.2, 0.25) is 0 Å². The lowest BCUT2D eigenvalue weighted by Crippen LogP contribution is -3.17. The first-order valence-electron chi connectivity index (χ1n) is 10.1. The van der Waals surface area contributed by atoms with Gasteiger partial charge in [-0.25, -0.2) is 9.78 Å². The van der Waals surface area contributed by atoms with E-state index in [2.05, 4.69) is 6.07 Å². The molecule has 3 atom stereocenters. The Balaban J connectivity index is 1.51. The highest BCUT2D eigenvalue weighted by molar-refractivity contribution is 7.18. The van der Waals surface area contributed by atoms with Crippen LogP contribution in [-0.4, -0.2) is 48.5 Å². The Bertz CT molecular complexity index is 1050. The quantitative estimate of drug-likeness (QED) is 0.637. The first kappa shape index (κ1) is 20.5. The van der Waals surface area contributed by atoms with E-state index >= 15 is 0 Å². The molecule has 1 N–H and O–H groups in total. The van der Waals surface area contributed by atoms with E-state index in [1.54, 1.807) is 16.2 Å². The van der Waals surface area contributed by atoms with Crippen LogP contribution in [0.3, 0.4) is 0 Å². The molecule has 6 nitrogen and oxygen atoms in total. The normalized spacial score (nSPS) is 19.2. The van der Waals surface area contributed by atoms with Crippen LogP contribution in [0.25, 0.3) is 10.2 Å². The number of fused-ring (bicyclic) bond motifs is 2. The van der Waals surface area contributed by atoms with Crippen molar-refractivity contribution in [2.75, 3.05) is 20.7 Å². The number of likely N-dealkylation sites (N-methyl/N-ethyl adjacent to an activating group) is 1. The van der Waals surface area contributed by atoms with Gasteiger partial charge in [-0.05, 0) is 24.6 Å². The van der Waals surface area contributed by atoms with Crippen molar-refractivity contribution in [1.29, 1.82) is 0 Å². The van der Waals surface area contributed by atoms with Gasteiger partial charge in [0.1, 0.15) is 11.6 Å². The Kier molecular flexibility index (Phi) is 5.83. The van der Waals surface area contributed by atoms with Gasteiger partial charge in [-0.3, -0.25) is 4.79 Å². The Hall–Kier alpha value is -2.77. The standard InChI is InChI=1S/C23H25N3O3S/c1-15(22-24-18-10-6-7-11-20(18)30-22)25(2)21(27)14-26-13-17-9-5-4-8-16(17)12-19(26)23(28)29-3/h4-11,15,19H,12-14H2,1-3H3/p+1/t15-,19+/m0/s1. The lowest BCUT2D eigenvalue weighted by atomic mass is 9.94. The average molecular weight is 425 g/mol.